The van der Waals surface area contributed by atoms with Crippen molar-refractivity contribution in [2.45, 2.75) is 18.9 Å². The van der Waals surface area contributed by atoms with Gasteiger partial charge in [0.2, 0.25) is 0 Å². The highest BCUT2D eigenvalue weighted by Crippen LogP contribution is 2.58. The second-order valence-corrected chi connectivity index (χ2v) is 16.8. The van der Waals surface area contributed by atoms with Gasteiger partial charge in [-0.3, -0.25) is 14.4 Å². The van der Waals surface area contributed by atoms with Gasteiger partial charge in [0.15, 0.2) is 17.0 Å². The van der Waals surface area contributed by atoms with Gasteiger partial charge in [0.1, 0.15) is 0 Å². The van der Waals surface area contributed by atoms with Crippen molar-refractivity contribution < 1.29 is 23.9 Å². The molecule has 1 amide bonds. The van der Waals surface area contributed by atoms with E-state index < -0.39 is 35.7 Å². The molecule has 1 heterocycles. The van der Waals surface area contributed by atoms with Crippen molar-refractivity contribution in [2.24, 2.45) is 0 Å². The lowest BCUT2D eigenvalue weighted by atomic mass is 9.72. The van der Waals surface area contributed by atoms with Gasteiger partial charge >= 0.3 is 5.97 Å². The number of ether oxygens (including phenoxy) is 1. The molecule has 6 aromatic carbocycles. The number of hydrogen-bond donors (Lipinski definition) is 0. The van der Waals surface area contributed by atoms with Crippen molar-refractivity contribution in [3.05, 3.63) is 203 Å². The smallest absolute Gasteiger partial charge is 0.339 e. The van der Waals surface area contributed by atoms with E-state index in [0.717, 1.165) is 27.0 Å². The summed E-state index contributed by atoms with van der Waals surface area (Å²) in [5.41, 5.74) is 0.349. The van der Waals surface area contributed by atoms with E-state index in [1.165, 1.54) is 7.11 Å². The van der Waals surface area contributed by atoms with Gasteiger partial charge in [0.25, 0.3) is 5.91 Å². The zero-order chi connectivity index (χ0) is 37.5. The average molecular weight is 726 g/mol. The minimum absolute atomic E-state index is 0.109. The molecule has 0 saturated heterocycles. The van der Waals surface area contributed by atoms with Crippen LogP contribution < -0.4 is 20.8 Å². The lowest BCUT2D eigenvalue weighted by molar-refractivity contribution is -0.135. The molecule has 1 unspecified atom stereocenters. The Kier molecular flexibility index (Phi) is 8.93. The number of anilines is 1. The molecule has 54 heavy (non-hydrogen) atoms. The molecule has 0 fully saturated rings. The van der Waals surface area contributed by atoms with E-state index in [4.69, 9.17) is 4.74 Å². The van der Waals surface area contributed by atoms with Crippen LogP contribution in [0.2, 0.25) is 0 Å². The zero-order valence-corrected chi connectivity index (χ0v) is 30.7. The highest BCUT2D eigenvalue weighted by atomic mass is 31.2. The van der Waals surface area contributed by atoms with E-state index in [2.05, 4.69) is 0 Å². The minimum atomic E-state index is -3.37. The Labute approximate surface area is 314 Å². The molecular formula is C47H36NO5P. The topological polar surface area (TPSA) is 80.8 Å². The summed E-state index contributed by atoms with van der Waals surface area (Å²) in [6.45, 7) is -1.31. The number of rotatable bonds is 8. The normalized spacial score (nSPS) is 16.6. The molecule has 6 aromatic rings. The van der Waals surface area contributed by atoms with Gasteiger partial charge in [-0.05, 0) is 41.4 Å². The maximum absolute atomic E-state index is 16.4. The lowest BCUT2D eigenvalue weighted by Crippen LogP contribution is -2.49. The van der Waals surface area contributed by atoms with Crippen molar-refractivity contribution in [3.63, 3.8) is 0 Å². The van der Waals surface area contributed by atoms with Crippen LogP contribution in [0.25, 0.3) is 0 Å². The van der Waals surface area contributed by atoms with Crippen LogP contribution in [0.1, 0.15) is 27.0 Å². The van der Waals surface area contributed by atoms with Gasteiger partial charge in [0.05, 0.1) is 19.2 Å². The Morgan fingerprint density at radius 3 is 1.63 bits per heavy atom. The summed E-state index contributed by atoms with van der Waals surface area (Å²) in [5, 5.41) is 2.46. The predicted octanol–water partition coefficient (Wildman–Crippen LogP) is 6.88. The molecule has 0 saturated carbocycles. The first-order valence-corrected chi connectivity index (χ1v) is 19.5. The fourth-order valence-electron chi connectivity index (χ4n) is 8.09. The number of Topliss-reactive ketones (excluding diaryl/α,β-unsaturated/α-hetero) is 2. The molecular weight excluding hydrogens is 689 g/mol. The molecule has 264 valence electrons. The molecule has 0 N–H and O–H groups in total. The number of carbonyl (C=O) groups is 4. The number of esters is 1. The molecule has 0 bridgehead atoms. The predicted molar refractivity (Wildman–Crippen MR) is 215 cm³/mol. The fraction of sp³-hybridized carbons (Fsp3) is 0.0851. The van der Waals surface area contributed by atoms with Crippen LogP contribution in [0.5, 0.6) is 0 Å². The summed E-state index contributed by atoms with van der Waals surface area (Å²) >= 11 is 0. The second-order valence-electron chi connectivity index (χ2n) is 13.4. The third kappa shape index (κ3) is 5.17. The first-order valence-electron chi connectivity index (χ1n) is 17.7. The van der Waals surface area contributed by atoms with Gasteiger partial charge in [0, 0.05) is 27.7 Å². The second kappa shape index (κ2) is 13.9. The number of benzene rings is 6. The van der Waals surface area contributed by atoms with E-state index in [-0.39, 0.29) is 28.5 Å². The van der Waals surface area contributed by atoms with Crippen molar-refractivity contribution in [1.82, 2.24) is 0 Å². The number of hydrogen-bond acceptors (Lipinski definition) is 5. The lowest BCUT2D eigenvalue weighted by Gasteiger charge is -2.32. The Morgan fingerprint density at radius 1 is 0.630 bits per heavy atom. The van der Waals surface area contributed by atoms with Crippen LogP contribution in [0.3, 0.4) is 0 Å². The van der Waals surface area contributed by atoms with Crippen molar-refractivity contribution >= 4 is 57.2 Å². The third-order valence-electron chi connectivity index (χ3n) is 10.5. The maximum atomic E-state index is 16.4. The number of nitrogens with zero attached hydrogens (tertiary/aromatic N) is 1. The number of carbonyl (C=O) groups excluding carboxylic acids is 4. The standard InChI is InChI=1S/C47H36NO5P/c1-32-27-29-34(30-28-32)42(49)41-40(45(51)53-2)43(54(35-19-9-4-10-20-35,36-21-11-5-12-22-36)37-23-13-6-14-24-37)44(50)47(41)38-25-15-16-26-39(38)48(46(47)52)31-33-17-7-3-8-18-33/h3-30H,31H2,1-2H3. The summed E-state index contributed by atoms with van der Waals surface area (Å²) in [4.78, 5) is 63.9. The molecule has 0 aromatic heterocycles. The van der Waals surface area contributed by atoms with Crippen LogP contribution in [0, 0.1) is 6.92 Å². The molecule has 8 rings (SSSR count). The highest BCUT2D eigenvalue weighted by Gasteiger charge is 2.67. The van der Waals surface area contributed by atoms with Crippen molar-refractivity contribution in [1.29, 1.82) is 0 Å². The molecule has 0 radical (unpaired) electrons. The van der Waals surface area contributed by atoms with Crippen LogP contribution >= 0.6 is 6.89 Å². The Bertz CT molecular complexity index is 2420. The number of para-hydroxylation sites is 1. The first kappa shape index (κ1) is 34.7. The Hall–Kier alpha value is -6.36. The van der Waals surface area contributed by atoms with Gasteiger partial charge in [-0.25, -0.2) is 4.79 Å². The number of methoxy groups -OCH3 is 1. The molecule has 1 aliphatic carbocycles. The Balaban J connectivity index is 1.60. The quantitative estimate of drug-likeness (QED) is 0.0740. The summed E-state index contributed by atoms with van der Waals surface area (Å²) < 4.78 is 5.57. The molecule has 1 spiro atoms. The summed E-state index contributed by atoms with van der Waals surface area (Å²) in [5.74, 6) is -2.63. The summed E-state index contributed by atoms with van der Waals surface area (Å²) in [6.07, 6.45) is 0. The number of ketones is 2. The van der Waals surface area contributed by atoms with Gasteiger partial charge in [-0.15, -0.1) is 0 Å². The molecule has 1 atom stereocenters. The fourth-order valence-corrected chi connectivity index (χ4v) is 12.6. The number of fused-ring (bicyclic) bond motifs is 2. The summed E-state index contributed by atoms with van der Waals surface area (Å²) in [6, 6.07) is 52.5. The third-order valence-corrected chi connectivity index (χ3v) is 14.8. The average Bonchev–Trinajstić information content (AvgIpc) is 3.64. The highest BCUT2D eigenvalue weighted by molar-refractivity contribution is 7.97. The van der Waals surface area contributed by atoms with E-state index in [1.54, 1.807) is 47.4 Å². The molecule has 7 heteroatoms. The van der Waals surface area contributed by atoms with E-state index in [1.807, 2.05) is 134 Å². The van der Waals surface area contributed by atoms with Crippen molar-refractivity contribution in [2.75, 3.05) is 12.0 Å². The Morgan fingerprint density at radius 2 is 1.11 bits per heavy atom. The first-order chi connectivity index (χ1) is 26.3. The number of aryl methyl sites for hydroxylation is 1. The summed E-state index contributed by atoms with van der Waals surface area (Å²) in [7, 11) is 1.25. The largest absolute Gasteiger partial charge is 0.465 e. The van der Waals surface area contributed by atoms with Crippen LogP contribution in [0.15, 0.2) is 181 Å². The molecule has 6 nitrogen and oxygen atoms in total. The maximum Gasteiger partial charge on any atom is 0.339 e. The SMILES string of the molecule is COC(=O)C1=C(C(=O)c2ccc(C)cc2)C2(C(=O)C1=P(c1ccccc1)(c1ccccc1)c1ccccc1)C(=O)N(Cc1ccccc1)c1ccccc12. The van der Waals surface area contributed by atoms with E-state index in [0.29, 0.717) is 11.3 Å². The van der Waals surface area contributed by atoms with Gasteiger partial charge in [-0.2, -0.15) is 0 Å². The van der Waals surface area contributed by atoms with Crippen LogP contribution in [0.4, 0.5) is 5.69 Å². The number of amides is 1. The van der Waals surface area contributed by atoms with Crippen LogP contribution in [-0.2, 0) is 31.1 Å². The van der Waals surface area contributed by atoms with Crippen LogP contribution in [-0.4, -0.2) is 35.8 Å². The molecule has 2 aliphatic rings. The van der Waals surface area contributed by atoms with E-state index in [9.17, 15) is 4.79 Å². The minimum Gasteiger partial charge on any atom is -0.465 e. The molecule has 1 aliphatic heterocycles. The van der Waals surface area contributed by atoms with Gasteiger partial charge < -0.3 is 9.64 Å². The van der Waals surface area contributed by atoms with Gasteiger partial charge in [-0.1, -0.05) is 169 Å². The van der Waals surface area contributed by atoms with E-state index >= 15 is 14.4 Å². The monoisotopic (exact) mass is 725 g/mol. The van der Waals surface area contributed by atoms with Crippen molar-refractivity contribution in [3.8, 4) is 0 Å². The zero-order valence-electron chi connectivity index (χ0n) is 29.8.